The zero-order valence-electron chi connectivity index (χ0n) is 15.7. The van der Waals surface area contributed by atoms with Crippen molar-refractivity contribution in [2.24, 2.45) is 0 Å². The van der Waals surface area contributed by atoms with E-state index in [0.717, 1.165) is 28.2 Å². The maximum absolute atomic E-state index is 12.4. The van der Waals surface area contributed by atoms with E-state index in [1.54, 1.807) is 18.0 Å². The van der Waals surface area contributed by atoms with Gasteiger partial charge in [-0.3, -0.25) is 4.79 Å². The number of fused-ring (bicyclic) bond motifs is 1. The molecule has 0 aliphatic carbocycles. The lowest BCUT2D eigenvalue weighted by Gasteiger charge is -2.03. The number of aromatic nitrogens is 5. The summed E-state index contributed by atoms with van der Waals surface area (Å²) in [7, 11) is 1.63. The molecule has 0 radical (unpaired) electrons. The SMILES string of the molecule is COc1ccc(Cn2cc(C(=O)NCc3cn4cccc(C)c4n3)nn2)cc1. The molecule has 0 fully saturated rings. The van der Waals surface area contributed by atoms with Crippen molar-refractivity contribution in [3.05, 3.63) is 77.5 Å². The minimum atomic E-state index is -0.283. The normalized spacial score (nSPS) is 10.9. The lowest BCUT2D eigenvalue weighted by molar-refractivity contribution is 0.0945. The van der Waals surface area contributed by atoms with Gasteiger partial charge in [-0.15, -0.1) is 5.10 Å². The summed E-state index contributed by atoms with van der Waals surface area (Å²) in [4.78, 5) is 16.9. The molecule has 8 nitrogen and oxygen atoms in total. The average Bonchev–Trinajstić information content (AvgIpc) is 3.34. The van der Waals surface area contributed by atoms with Crippen molar-refractivity contribution in [3.63, 3.8) is 0 Å². The summed E-state index contributed by atoms with van der Waals surface area (Å²) in [6.45, 7) is 2.85. The highest BCUT2D eigenvalue weighted by Crippen LogP contribution is 2.12. The number of carbonyl (C=O) groups is 1. The van der Waals surface area contributed by atoms with Gasteiger partial charge in [0.2, 0.25) is 0 Å². The number of carbonyl (C=O) groups excluding carboxylic acids is 1. The Labute approximate surface area is 161 Å². The Bertz CT molecular complexity index is 1110. The number of imidazole rings is 1. The van der Waals surface area contributed by atoms with Gasteiger partial charge in [0, 0.05) is 12.4 Å². The Morgan fingerprint density at radius 3 is 2.75 bits per heavy atom. The van der Waals surface area contributed by atoms with Crippen LogP contribution in [0.2, 0.25) is 0 Å². The summed E-state index contributed by atoms with van der Waals surface area (Å²) in [5.41, 5.74) is 4.07. The first kappa shape index (κ1) is 17.7. The number of rotatable bonds is 6. The second-order valence-electron chi connectivity index (χ2n) is 6.49. The van der Waals surface area contributed by atoms with Gasteiger partial charge >= 0.3 is 0 Å². The fraction of sp³-hybridized carbons (Fsp3) is 0.200. The van der Waals surface area contributed by atoms with Crippen LogP contribution in [0.3, 0.4) is 0 Å². The van der Waals surface area contributed by atoms with Crippen molar-refractivity contribution in [1.82, 2.24) is 29.7 Å². The topological polar surface area (TPSA) is 86.3 Å². The molecule has 0 saturated carbocycles. The van der Waals surface area contributed by atoms with E-state index in [1.165, 1.54) is 0 Å². The number of nitrogens with one attached hydrogen (secondary N) is 1. The third kappa shape index (κ3) is 3.71. The maximum Gasteiger partial charge on any atom is 0.273 e. The molecule has 142 valence electrons. The van der Waals surface area contributed by atoms with Gasteiger partial charge in [0.15, 0.2) is 5.69 Å². The van der Waals surface area contributed by atoms with Crippen LogP contribution in [-0.2, 0) is 13.1 Å². The van der Waals surface area contributed by atoms with Gasteiger partial charge in [-0.1, -0.05) is 23.4 Å². The number of hydrogen-bond donors (Lipinski definition) is 1. The first-order valence-corrected chi connectivity index (χ1v) is 8.87. The third-order valence-electron chi connectivity index (χ3n) is 4.43. The molecule has 0 aliphatic rings. The van der Waals surface area contributed by atoms with Crippen LogP contribution >= 0.6 is 0 Å². The van der Waals surface area contributed by atoms with E-state index in [-0.39, 0.29) is 11.6 Å². The van der Waals surface area contributed by atoms with Crippen molar-refractivity contribution in [2.75, 3.05) is 7.11 Å². The molecule has 1 N–H and O–H groups in total. The zero-order valence-corrected chi connectivity index (χ0v) is 15.7. The van der Waals surface area contributed by atoms with Gasteiger partial charge < -0.3 is 14.5 Å². The molecule has 0 unspecified atom stereocenters. The number of methoxy groups -OCH3 is 1. The van der Waals surface area contributed by atoms with Crippen LogP contribution in [0.1, 0.15) is 27.3 Å². The molecule has 0 spiro atoms. The van der Waals surface area contributed by atoms with E-state index in [9.17, 15) is 4.79 Å². The summed E-state index contributed by atoms with van der Waals surface area (Å²) in [6.07, 6.45) is 5.47. The number of hydrogen-bond acceptors (Lipinski definition) is 5. The minimum Gasteiger partial charge on any atom is -0.497 e. The molecule has 0 atom stereocenters. The second-order valence-corrected chi connectivity index (χ2v) is 6.49. The molecule has 28 heavy (non-hydrogen) atoms. The smallest absolute Gasteiger partial charge is 0.273 e. The molecule has 3 heterocycles. The van der Waals surface area contributed by atoms with Gasteiger partial charge in [-0.2, -0.15) is 0 Å². The standard InChI is InChI=1S/C20H20N6O2/c1-14-4-3-9-25-12-16(22-19(14)25)10-21-20(27)18-13-26(24-23-18)11-15-5-7-17(28-2)8-6-15/h3-9,12-13H,10-11H2,1-2H3,(H,21,27). The van der Waals surface area contributed by atoms with Gasteiger partial charge in [0.25, 0.3) is 5.91 Å². The van der Waals surface area contributed by atoms with Crippen LogP contribution in [0.5, 0.6) is 5.75 Å². The number of nitrogens with zero attached hydrogens (tertiary/aromatic N) is 5. The predicted octanol–water partition coefficient (Wildman–Crippen LogP) is 2.22. The van der Waals surface area contributed by atoms with E-state index in [2.05, 4.69) is 20.6 Å². The Hall–Kier alpha value is -3.68. The largest absolute Gasteiger partial charge is 0.497 e. The summed E-state index contributed by atoms with van der Waals surface area (Å²) in [6, 6.07) is 11.6. The second kappa shape index (κ2) is 7.51. The molecule has 3 aromatic heterocycles. The van der Waals surface area contributed by atoms with Crippen molar-refractivity contribution in [1.29, 1.82) is 0 Å². The fourth-order valence-electron chi connectivity index (χ4n) is 2.95. The van der Waals surface area contributed by atoms with Crippen molar-refractivity contribution >= 4 is 11.6 Å². The quantitative estimate of drug-likeness (QED) is 0.558. The summed E-state index contributed by atoms with van der Waals surface area (Å²) >= 11 is 0. The Kier molecular flexibility index (Phi) is 4.76. The lowest BCUT2D eigenvalue weighted by Crippen LogP contribution is -2.23. The van der Waals surface area contributed by atoms with Gasteiger partial charge in [0.1, 0.15) is 11.4 Å². The van der Waals surface area contributed by atoms with E-state index < -0.39 is 0 Å². The van der Waals surface area contributed by atoms with E-state index in [0.29, 0.717) is 13.1 Å². The van der Waals surface area contributed by atoms with Crippen LogP contribution in [0.4, 0.5) is 0 Å². The number of aryl methyl sites for hydroxylation is 1. The van der Waals surface area contributed by atoms with Gasteiger partial charge in [-0.25, -0.2) is 9.67 Å². The average molecular weight is 376 g/mol. The molecule has 4 aromatic rings. The van der Waals surface area contributed by atoms with E-state index in [4.69, 9.17) is 4.74 Å². The number of ether oxygens (including phenoxy) is 1. The molecule has 1 aromatic carbocycles. The highest BCUT2D eigenvalue weighted by Gasteiger charge is 2.12. The first-order valence-electron chi connectivity index (χ1n) is 8.87. The highest BCUT2D eigenvalue weighted by molar-refractivity contribution is 5.91. The van der Waals surface area contributed by atoms with E-state index in [1.807, 2.05) is 60.1 Å². The minimum absolute atomic E-state index is 0.272. The van der Waals surface area contributed by atoms with Crippen LogP contribution in [0, 0.1) is 6.92 Å². The lowest BCUT2D eigenvalue weighted by atomic mass is 10.2. The van der Waals surface area contributed by atoms with Crippen molar-refractivity contribution in [2.45, 2.75) is 20.0 Å². The summed E-state index contributed by atoms with van der Waals surface area (Å²) in [5, 5.41) is 10.8. The van der Waals surface area contributed by atoms with Crippen LogP contribution in [0.25, 0.3) is 5.65 Å². The monoisotopic (exact) mass is 376 g/mol. The molecule has 4 rings (SSSR count). The number of pyridine rings is 1. The van der Waals surface area contributed by atoms with Crippen molar-refractivity contribution in [3.8, 4) is 5.75 Å². The molecular weight excluding hydrogens is 356 g/mol. The third-order valence-corrected chi connectivity index (χ3v) is 4.43. The zero-order chi connectivity index (χ0) is 19.5. The van der Waals surface area contributed by atoms with Crippen LogP contribution in [0.15, 0.2) is 55.0 Å². The molecular formula is C20H20N6O2. The molecule has 0 bridgehead atoms. The Morgan fingerprint density at radius 2 is 2.00 bits per heavy atom. The summed E-state index contributed by atoms with van der Waals surface area (Å²) in [5.74, 6) is 0.513. The van der Waals surface area contributed by atoms with Gasteiger partial charge in [-0.05, 0) is 36.2 Å². The van der Waals surface area contributed by atoms with E-state index >= 15 is 0 Å². The molecule has 0 aliphatic heterocycles. The Balaban J connectivity index is 1.38. The molecule has 1 amide bonds. The Morgan fingerprint density at radius 1 is 1.18 bits per heavy atom. The fourth-order valence-corrected chi connectivity index (χ4v) is 2.95. The van der Waals surface area contributed by atoms with Gasteiger partial charge in [0.05, 0.1) is 32.1 Å². The molecule has 8 heteroatoms. The predicted molar refractivity (Wildman–Crippen MR) is 103 cm³/mol. The maximum atomic E-state index is 12.4. The summed E-state index contributed by atoms with van der Waals surface area (Å²) < 4.78 is 8.73. The van der Waals surface area contributed by atoms with Crippen molar-refractivity contribution < 1.29 is 9.53 Å². The molecule has 0 saturated heterocycles. The highest BCUT2D eigenvalue weighted by atomic mass is 16.5. The van der Waals surface area contributed by atoms with Crippen LogP contribution in [-0.4, -0.2) is 37.4 Å². The number of benzene rings is 1. The van der Waals surface area contributed by atoms with Crippen LogP contribution < -0.4 is 10.1 Å². The first-order chi connectivity index (χ1) is 13.6. The number of amides is 1.